The van der Waals surface area contributed by atoms with Crippen molar-refractivity contribution in [2.75, 3.05) is 18.0 Å². The van der Waals surface area contributed by atoms with Crippen molar-refractivity contribution in [3.63, 3.8) is 0 Å². The van der Waals surface area contributed by atoms with Crippen molar-refractivity contribution in [3.05, 3.63) is 95.8 Å². The Bertz CT molecular complexity index is 1120. The Morgan fingerprint density at radius 1 is 0.939 bits per heavy atom. The zero-order chi connectivity index (χ0) is 22.6. The van der Waals surface area contributed by atoms with E-state index >= 15 is 0 Å². The number of rotatable bonds is 5. The van der Waals surface area contributed by atoms with Crippen LogP contribution in [0.5, 0.6) is 0 Å². The lowest BCUT2D eigenvalue weighted by molar-refractivity contribution is -0.120. The van der Waals surface area contributed by atoms with E-state index in [-0.39, 0.29) is 23.9 Å². The van der Waals surface area contributed by atoms with Gasteiger partial charge in [-0.3, -0.25) is 19.5 Å². The zero-order valence-corrected chi connectivity index (χ0v) is 18.6. The SMILES string of the molecule is O=C(Cc1ccccn1)NC[C@@H]1CC[C@H]2CN(C(=O)c3ccccc3)c3ccccc3CN12. The molecule has 0 saturated carbocycles. The molecule has 6 nitrogen and oxygen atoms in total. The maximum absolute atomic E-state index is 13.4. The molecule has 1 aromatic heterocycles. The minimum atomic E-state index is -0.00625. The van der Waals surface area contributed by atoms with Gasteiger partial charge in [0.25, 0.3) is 5.91 Å². The van der Waals surface area contributed by atoms with Crippen molar-refractivity contribution < 1.29 is 9.59 Å². The lowest BCUT2D eigenvalue weighted by Crippen LogP contribution is -2.46. The second-order valence-electron chi connectivity index (χ2n) is 8.77. The average Bonchev–Trinajstić information content (AvgIpc) is 3.15. The number of hydrogen-bond donors (Lipinski definition) is 1. The van der Waals surface area contributed by atoms with Crippen LogP contribution in [-0.2, 0) is 17.8 Å². The van der Waals surface area contributed by atoms with Crippen LogP contribution in [0.3, 0.4) is 0 Å². The standard InChI is InChI=1S/C27H28N4O2/c32-26(16-22-11-6-7-15-28-22)29-17-23-13-14-24-19-31(27(33)20-8-2-1-3-9-20)25-12-5-4-10-21(25)18-30(23)24/h1-12,15,23-24H,13-14,16-19H2,(H,29,32)/t23-,24-/m0/s1. The summed E-state index contributed by atoms with van der Waals surface area (Å²) in [5.74, 6) is 0.0327. The summed E-state index contributed by atoms with van der Waals surface area (Å²) >= 11 is 0. The van der Waals surface area contributed by atoms with E-state index in [0.717, 1.165) is 36.3 Å². The maximum atomic E-state index is 13.4. The molecule has 3 aromatic rings. The van der Waals surface area contributed by atoms with Crippen molar-refractivity contribution in [1.29, 1.82) is 0 Å². The van der Waals surface area contributed by atoms with Crippen LogP contribution in [0, 0.1) is 0 Å². The fraction of sp³-hybridized carbons (Fsp3) is 0.296. The molecule has 2 amide bonds. The highest BCUT2D eigenvalue weighted by Crippen LogP contribution is 2.35. The van der Waals surface area contributed by atoms with Crippen molar-refractivity contribution >= 4 is 17.5 Å². The molecule has 0 aliphatic carbocycles. The molecule has 6 heteroatoms. The van der Waals surface area contributed by atoms with Gasteiger partial charge in [-0.2, -0.15) is 0 Å². The number of fused-ring (bicyclic) bond motifs is 2. The minimum absolute atomic E-state index is 0.00625. The number of anilines is 1. The monoisotopic (exact) mass is 440 g/mol. The van der Waals surface area contributed by atoms with Gasteiger partial charge in [0.15, 0.2) is 0 Å². The number of carbonyl (C=O) groups excluding carboxylic acids is 2. The van der Waals surface area contributed by atoms with E-state index in [1.54, 1.807) is 6.20 Å². The van der Waals surface area contributed by atoms with Gasteiger partial charge >= 0.3 is 0 Å². The van der Waals surface area contributed by atoms with Gasteiger partial charge in [0, 0.05) is 54.9 Å². The molecule has 0 unspecified atom stereocenters. The van der Waals surface area contributed by atoms with Crippen molar-refractivity contribution in [3.8, 4) is 0 Å². The molecule has 168 valence electrons. The molecule has 1 saturated heterocycles. The molecule has 2 aromatic carbocycles. The highest BCUT2D eigenvalue weighted by atomic mass is 16.2. The molecule has 2 aliphatic rings. The molecule has 5 rings (SSSR count). The number of para-hydroxylation sites is 1. The normalized spacial score (nSPS) is 19.9. The molecule has 3 heterocycles. The number of carbonyl (C=O) groups is 2. The van der Waals surface area contributed by atoms with E-state index in [2.05, 4.69) is 21.3 Å². The average molecular weight is 441 g/mol. The fourth-order valence-electron chi connectivity index (χ4n) is 4.99. The number of pyridine rings is 1. The molecule has 33 heavy (non-hydrogen) atoms. The summed E-state index contributed by atoms with van der Waals surface area (Å²) in [4.78, 5) is 34.5. The second-order valence-corrected chi connectivity index (χ2v) is 8.77. The summed E-state index contributed by atoms with van der Waals surface area (Å²) in [6, 6.07) is 23.8. The lowest BCUT2D eigenvalue weighted by Gasteiger charge is -2.29. The van der Waals surface area contributed by atoms with E-state index in [1.807, 2.05) is 71.6 Å². The molecule has 0 spiro atoms. The second kappa shape index (κ2) is 9.55. The Hall–Kier alpha value is -3.51. The van der Waals surface area contributed by atoms with Gasteiger partial charge < -0.3 is 10.2 Å². The predicted octanol–water partition coefficient (Wildman–Crippen LogP) is 3.43. The summed E-state index contributed by atoms with van der Waals surface area (Å²) in [6.45, 7) is 2.04. The molecular formula is C27H28N4O2. The Morgan fingerprint density at radius 3 is 2.55 bits per heavy atom. The first kappa shape index (κ1) is 21.3. The Balaban J connectivity index is 1.31. The summed E-state index contributed by atoms with van der Waals surface area (Å²) in [7, 11) is 0. The highest BCUT2D eigenvalue weighted by molar-refractivity contribution is 6.06. The topological polar surface area (TPSA) is 65.5 Å². The Morgan fingerprint density at radius 2 is 1.73 bits per heavy atom. The van der Waals surface area contributed by atoms with Gasteiger partial charge in [-0.15, -0.1) is 0 Å². The largest absolute Gasteiger partial charge is 0.354 e. The van der Waals surface area contributed by atoms with Gasteiger partial charge in [-0.25, -0.2) is 0 Å². The van der Waals surface area contributed by atoms with Gasteiger partial charge in [-0.1, -0.05) is 42.5 Å². The first-order valence-electron chi connectivity index (χ1n) is 11.6. The van der Waals surface area contributed by atoms with E-state index in [9.17, 15) is 9.59 Å². The first-order valence-corrected chi connectivity index (χ1v) is 11.6. The number of aromatic nitrogens is 1. The van der Waals surface area contributed by atoms with E-state index < -0.39 is 0 Å². The first-order chi connectivity index (χ1) is 16.2. The zero-order valence-electron chi connectivity index (χ0n) is 18.6. The van der Waals surface area contributed by atoms with Gasteiger partial charge in [-0.05, 0) is 48.7 Å². The van der Waals surface area contributed by atoms with E-state index in [4.69, 9.17) is 0 Å². The smallest absolute Gasteiger partial charge is 0.258 e. The van der Waals surface area contributed by atoms with Crippen LogP contribution >= 0.6 is 0 Å². The van der Waals surface area contributed by atoms with Gasteiger partial charge in [0.05, 0.1) is 6.42 Å². The van der Waals surface area contributed by atoms with E-state index in [0.29, 0.717) is 25.1 Å². The Labute approximate surface area is 194 Å². The van der Waals surface area contributed by atoms with Crippen molar-refractivity contribution in [2.24, 2.45) is 0 Å². The third kappa shape index (κ3) is 4.66. The predicted molar refractivity (Wildman–Crippen MR) is 128 cm³/mol. The molecular weight excluding hydrogens is 412 g/mol. The van der Waals surface area contributed by atoms with Crippen LogP contribution in [0.1, 0.15) is 34.5 Å². The number of nitrogens with one attached hydrogen (secondary N) is 1. The fourth-order valence-corrected chi connectivity index (χ4v) is 4.99. The van der Waals surface area contributed by atoms with Gasteiger partial charge in [0.1, 0.15) is 0 Å². The molecule has 0 bridgehead atoms. The summed E-state index contributed by atoms with van der Waals surface area (Å²) in [5, 5.41) is 3.11. The third-order valence-corrected chi connectivity index (χ3v) is 6.67. The maximum Gasteiger partial charge on any atom is 0.258 e. The summed E-state index contributed by atoms with van der Waals surface area (Å²) < 4.78 is 0. The van der Waals surface area contributed by atoms with Crippen LogP contribution in [0.4, 0.5) is 5.69 Å². The number of hydrogen-bond acceptors (Lipinski definition) is 4. The lowest BCUT2D eigenvalue weighted by atomic mass is 10.1. The quantitative estimate of drug-likeness (QED) is 0.660. The van der Waals surface area contributed by atoms with Crippen LogP contribution in [0.25, 0.3) is 0 Å². The molecule has 2 atom stereocenters. The van der Waals surface area contributed by atoms with Crippen molar-refractivity contribution in [1.82, 2.24) is 15.2 Å². The third-order valence-electron chi connectivity index (χ3n) is 6.67. The van der Waals surface area contributed by atoms with Crippen LogP contribution < -0.4 is 10.2 Å². The number of benzene rings is 2. The molecule has 0 radical (unpaired) electrons. The number of nitrogens with zero attached hydrogens (tertiary/aromatic N) is 3. The van der Waals surface area contributed by atoms with Crippen LogP contribution in [0.2, 0.25) is 0 Å². The van der Waals surface area contributed by atoms with Crippen molar-refractivity contribution in [2.45, 2.75) is 37.9 Å². The van der Waals surface area contributed by atoms with Gasteiger partial charge in [0.2, 0.25) is 5.91 Å². The van der Waals surface area contributed by atoms with E-state index in [1.165, 1.54) is 0 Å². The minimum Gasteiger partial charge on any atom is -0.354 e. The van der Waals surface area contributed by atoms with Crippen LogP contribution in [-0.4, -0.2) is 46.9 Å². The van der Waals surface area contributed by atoms with Crippen LogP contribution in [0.15, 0.2) is 79.0 Å². The molecule has 1 fully saturated rings. The molecule has 2 aliphatic heterocycles. The molecule has 1 N–H and O–H groups in total. The number of amides is 2. The Kier molecular flexibility index (Phi) is 6.17. The summed E-state index contributed by atoms with van der Waals surface area (Å²) in [5.41, 5.74) is 3.62. The highest BCUT2D eigenvalue weighted by Gasteiger charge is 2.38. The summed E-state index contributed by atoms with van der Waals surface area (Å²) in [6.07, 6.45) is 4.01.